The highest BCUT2D eigenvalue weighted by Crippen LogP contribution is 2.45. The van der Waals surface area contributed by atoms with E-state index < -0.39 is 24.0 Å². The van der Waals surface area contributed by atoms with Gasteiger partial charge in [0.2, 0.25) is 0 Å². The van der Waals surface area contributed by atoms with Crippen LogP contribution in [-0.4, -0.2) is 62.5 Å². The van der Waals surface area contributed by atoms with Crippen molar-refractivity contribution >= 4 is 11.6 Å². The van der Waals surface area contributed by atoms with Crippen molar-refractivity contribution in [3.63, 3.8) is 0 Å². The van der Waals surface area contributed by atoms with E-state index in [4.69, 9.17) is 10.5 Å². The van der Waals surface area contributed by atoms with Crippen molar-refractivity contribution in [2.75, 3.05) is 23.8 Å². The van der Waals surface area contributed by atoms with Crippen molar-refractivity contribution in [1.29, 1.82) is 0 Å². The Morgan fingerprint density at radius 1 is 1.31 bits per heavy atom. The van der Waals surface area contributed by atoms with Gasteiger partial charge in [-0.15, -0.1) is 0 Å². The molecule has 5 N–H and O–H groups in total. The van der Waals surface area contributed by atoms with Crippen LogP contribution in [-0.2, 0) is 4.74 Å². The average molecular weight is 358 g/mol. The fourth-order valence-electron chi connectivity index (χ4n) is 3.93. The van der Waals surface area contributed by atoms with Crippen LogP contribution in [0.5, 0.6) is 0 Å². The second kappa shape index (κ2) is 6.17. The smallest absolute Gasteiger partial charge is 0.163 e. The van der Waals surface area contributed by atoms with Gasteiger partial charge in [0.05, 0.1) is 6.61 Å². The van der Waals surface area contributed by atoms with Gasteiger partial charge in [0.25, 0.3) is 0 Å². The van der Waals surface area contributed by atoms with Crippen molar-refractivity contribution in [2.45, 2.75) is 36.9 Å². The highest BCUT2D eigenvalue weighted by Gasteiger charge is 2.56. The maximum Gasteiger partial charge on any atom is 0.163 e. The quantitative estimate of drug-likeness (QED) is 0.596. The Morgan fingerprint density at radius 3 is 2.69 bits per heavy atom. The number of anilines is 2. The third-order valence-electron chi connectivity index (χ3n) is 5.31. The van der Waals surface area contributed by atoms with Gasteiger partial charge in [-0.3, -0.25) is 0 Å². The third-order valence-corrected chi connectivity index (χ3v) is 5.31. The monoisotopic (exact) mass is 358 g/mol. The summed E-state index contributed by atoms with van der Waals surface area (Å²) < 4.78 is 5.78. The molecular formula is C18H22N4O4. The molecule has 0 radical (unpaired) electrons. The molecule has 2 aromatic rings. The molecule has 138 valence electrons. The van der Waals surface area contributed by atoms with Gasteiger partial charge in [-0.25, -0.2) is 9.97 Å². The van der Waals surface area contributed by atoms with Crippen LogP contribution in [0.15, 0.2) is 36.7 Å². The Morgan fingerprint density at radius 2 is 2.04 bits per heavy atom. The number of ether oxygens (including phenoxy) is 1. The summed E-state index contributed by atoms with van der Waals surface area (Å²) in [6.07, 6.45) is -1.57. The van der Waals surface area contributed by atoms with Gasteiger partial charge in [-0.05, 0) is 12.5 Å². The summed E-state index contributed by atoms with van der Waals surface area (Å²) in [5.41, 5.74) is 6.39. The van der Waals surface area contributed by atoms with Crippen molar-refractivity contribution in [3.05, 3.63) is 47.8 Å². The van der Waals surface area contributed by atoms with E-state index in [-0.39, 0.29) is 12.5 Å². The number of nitrogen functional groups attached to an aromatic ring is 1. The second-order valence-electron chi connectivity index (χ2n) is 6.99. The first-order valence-corrected chi connectivity index (χ1v) is 8.53. The number of nitrogens with zero attached hydrogens (tertiary/aromatic N) is 3. The van der Waals surface area contributed by atoms with E-state index in [0.29, 0.717) is 18.2 Å². The molecule has 2 aliphatic heterocycles. The van der Waals surface area contributed by atoms with Gasteiger partial charge < -0.3 is 30.7 Å². The summed E-state index contributed by atoms with van der Waals surface area (Å²) in [6, 6.07) is 9.85. The molecule has 0 spiro atoms. The fraction of sp³-hybridized carbons (Fsp3) is 0.444. The number of aliphatic hydroxyl groups is 3. The van der Waals surface area contributed by atoms with Crippen molar-refractivity contribution in [3.8, 4) is 0 Å². The van der Waals surface area contributed by atoms with Crippen LogP contribution in [0.4, 0.5) is 11.6 Å². The van der Waals surface area contributed by atoms with Crippen molar-refractivity contribution in [2.24, 2.45) is 0 Å². The average Bonchev–Trinajstić information content (AvgIpc) is 3.13. The van der Waals surface area contributed by atoms with Crippen LogP contribution < -0.4 is 10.6 Å². The largest absolute Gasteiger partial charge is 0.394 e. The van der Waals surface area contributed by atoms with E-state index in [1.54, 1.807) is 4.90 Å². The van der Waals surface area contributed by atoms with Gasteiger partial charge in [0.15, 0.2) is 6.23 Å². The number of aromatic nitrogens is 2. The molecule has 0 bridgehead atoms. The van der Waals surface area contributed by atoms with E-state index in [2.05, 4.69) is 9.97 Å². The SMILES string of the molecule is C[C@@]1(O)[C@H](O)[C@@H](CO)O[C@H]1N1CC(c2ccccc2)c2c(N)ncnc21. The minimum absolute atomic E-state index is 0.0860. The summed E-state index contributed by atoms with van der Waals surface area (Å²) in [6.45, 7) is 1.58. The Kier molecular flexibility index (Phi) is 4.07. The first kappa shape index (κ1) is 17.2. The molecule has 0 saturated carbocycles. The lowest BCUT2D eigenvalue weighted by molar-refractivity contribution is -0.0633. The Balaban J connectivity index is 1.77. The highest BCUT2D eigenvalue weighted by atomic mass is 16.6. The van der Waals surface area contributed by atoms with E-state index in [1.165, 1.54) is 13.3 Å². The maximum absolute atomic E-state index is 10.8. The van der Waals surface area contributed by atoms with Crippen LogP contribution in [0.2, 0.25) is 0 Å². The van der Waals surface area contributed by atoms with Gasteiger partial charge in [-0.1, -0.05) is 30.3 Å². The molecule has 0 aliphatic carbocycles. The number of nitrogens with two attached hydrogens (primary N) is 1. The molecule has 8 heteroatoms. The topological polar surface area (TPSA) is 125 Å². The number of hydrogen-bond acceptors (Lipinski definition) is 8. The first-order chi connectivity index (χ1) is 12.4. The minimum Gasteiger partial charge on any atom is -0.394 e. The van der Waals surface area contributed by atoms with Gasteiger partial charge >= 0.3 is 0 Å². The molecule has 1 saturated heterocycles. The maximum atomic E-state index is 10.8. The number of hydrogen-bond donors (Lipinski definition) is 4. The molecule has 1 fully saturated rings. The predicted octanol–water partition coefficient (Wildman–Crippen LogP) is -0.160. The Bertz CT molecular complexity index is 801. The van der Waals surface area contributed by atoms with Crippen LogP contribution in [0.3, 0.4) is 0 Å². The number of rotatable bonds is 3. The molecular weight excluding hydrogens is 336 g/mol. The number of aliphatic hydroxyl groups excluding tert-OH is 2. The summed E-state index contributed by atoms with van der Waals surface area (Å²) in [7, 11) is 0. The fourth-order valence-corrected chi connectivity index (χ4v) is 3.93. The molecule has 1 aromatic heterocycles. The van der Waals surface area contributed by atoms with E-state index >= 15 is 0 Å². The van der Waals surface area contributed by atoms with Crippen LogP contribution in [0, 0.1) is 0 Å². The van der Waals surface area contributed by atoms with Crippen molar-refractivity contribution < 1.29 is 20.1 Å². The van der Waals surface area contributed by atoms with Crippen LogP contribution in [0.25, 0.3) is 0 Å². The van der Waals surface area contributed by atoms with Gasteiger partial charge in [0, 0.05) is 18.0 Å². The number of fused-ring (bicyclic) bond motifs is 1. The molecule has 4 rings (SSSR count). The lowest BCUT2D eigenvalue weighted by atomic mass is 9.94. The van der Waals surface area contributed by atoms with Crippen molar-refractivity contribution in [1.82, 2.24) is 9.97 Å². The molecule has 2 aliphatic rings. The molecule has 1 aromatic carbocycles. The highest BCUT2D eigenvalue weighted by molar-refractivity contribution is 5.66. The Labute approximate surface area is 150 Å². The van der Waals surface area contributed by atoms with Gasteiger partial charge in [-0.2, -0.15) is 0 Å². The lowest BCUT2D eigenvalue weighted by Crippen LogP contribution is -2.53. The van der Waals surface area contributed by atoms with E-state index in [9.17, 15) is 15.3 Å². The summed E-state index contributed by atoms with van der Waals surface area (Å²) >= 11 is 0. The molecule has 0 amide bonds. The Hall–Kier alpha value is -2.26. The predicted molar refractivity (Wildman–Crippen MR) is 94.5 cm³/mol. The lowest BCUT2D eigenvalue weighted by Gasteiger charge is -2.34. The summed E-state index contributed by atoms with van der Waals surface area (Å²) in [5.74, 6) is 0.864. The van der Waals surface area contributed by atoms with E-state index in [1.807, 2.05) is 30.3 Å². The standard InChI is InChI=1S/C18H22N4O4/c1-18(25)14(24)12(8-23)26-17(18)22-7-11(10-5-3-2-4-6-10)13-15(19)20-9-21-16(13)22/h2-6,9,11-12,14,17,23-25H,7-8H2,1H3,(H2,19,20,21)/t11?,12-,14-,17-,18-/m1/s1. The number of benzene rings is 1. The zero-order valence-corrected chi connectivity index (χ0v) is 14.4. The first-order valence-electron chi connectivity index (χ1n) is 8.53. The van der Waals surface area contributed by atoms with Gasteiger partial charge in [0.1, 0.15) is 35.8 Å². The zero-order chi connectivity index (χ0) is 18.5. The summed E-state index contributed by atoms with van der Waals surface area (Å²) in [5, 5.41) is 30.6. The van der Waals surface area contributed by atoms with Crippen LogP contribution >= 0.6 is 0 Å². The summed E-state index contributed by atoms with van der Waals surface area (Å²) in [4.78, 5) is 10.3. The molecule has 26 heavy (non-hydrogen) atoms. The minimum atomic E-state index is -1.57. The zero-order valence-electron chi connectivity index (χ0n) is 14.4. The molecule has 8 nitrogen and oxygen atoms in total. The molecule has 5 atom stereocenters. The molecule has 3 heterocycles. The van der Waals surface area contributed by atoms with E-state index in [0.717, 1.165) is 11.1 Å². The van der Waals surface area contributed by atoms with Crippen LogP contribution in [0.1, 0.15) is 24.0 Å². The normalized spacial score (nSPS) is 33.5. The third kappa shape index (κ3) is 2.45. The second-order valence-corrected chi connectivity index (χ2v) is 6.99. The molecule has 1 unspecified atom stereocenters.